The van der Waals surface area contributed by atoms with E-state index in [9.17, 15) is 15.2 Å². The average Bonchev–Trinajstić information content (AvgIpc) is 2.46. The highest BCUT2D eigenvalue weighted by Crippen LogP contribution is 2.31. The van der Waals surface area contributed by atoms with Gasteiger partial charge in [0.1, 0.15) is 5.02 Å². The summed E-state index contributed by atoms with van der Waals surface area (Å²) in [6.07, 6.45) is 0.554. The minimum atomic E-state index is -0.473. The number of benzene rings is 1. The van der Waals surface area contributed by atoms with Gasteiger partial charge in [0.05, 0.1) is 4.92 Å². The molecule has 0 aliphatic carbocycles. The summed E-state index contributed by atoms with van der Waals surface area (Å²) in [4.78, 5) is 12.7. The number of rotatable bonds is 5. The SMILES string of the molecule is Cl.O=[N+]([O-])c1cc([C@H](CCO)N2CCNCC2)ccc1Cl. The van der Waals surface area contributed by atoms with Crippen molar-refractivity contribution in [3.63, 3.8) is 0 Å². The Morgan fingerprint density at radius 1 is 1.43 bits per heavy atom. The number of aliphatic hydroxyl groups is 1. The zero-order valence-electron chi connectivity index (χ0n) is 11.5. The molecule has 0 unspecified atom stereocenters. The number of nitro groups is 1. The third-order valence-corrected chi connectivity index (χ3v) is 3.87. The molecule has 2 N–H and O–H groups in total. The molecule has 6 nitrogen and oxygen atoms in total. The standard InChI is InChI=1S/C13H18ClN3O3.ClH/c14-11-2-1-10(9-13(11)17(19)20)12(3-8-18)16-6-4-15-5-7-16;/h1-2,9,12,15,18H,3-8H2;1H/t12-;/m0./s1. The van der Waals surface area contributed by atoms with Crippen LogP contribution in [0.5, 0.6) is 0 Å². The first-order valence-corrected chi connectivity index (χ1v) is 7.00. The first kappa shape index (κ1) is 18.1. The molecule has 1 aliphatic heterocycles. The van der Waals surface area contributed by atoms with Crippen molar-refractivity contribution in [2.75, 3.05) is 32.8 Å². The lowest BCUT2D eigenvalue weighted by molar-refractivity contribution is -0.384. The highest BCUT2D eigenvalue weighted by atomic mass is 35.5. The molecule has 0 amide bonds. The van der Waals surface area contributed by atoms with E-state index in [1.807, 2.05) is 0 Å². The Morgan fingerprint density at radius 3 is 2.67 bits per heavy atom. The van der Waals surface area contributed by atoms with Gasteiger partial charge in [-0.2, -0.15) is 0 Å². The summed E-state index contributed by atoms with van der Waals surface area (Å²) < 4.78 is 0. The van der Waals surface area contributed by atoms with Crippen LogP contribution in [0.25, 0.3) is 0 Å². The van der Waals surface area contributed by atoms with E-state index in [4.69, 9.17) is 11.6 Å². The first-order valence-electron chi connectivity index (χ1n) is 6.63. The lowest BCUT2D eigenvalue weighted by Crippen LogP contribution is -2.45. The average molecular weight is 336 g/mol. The smallest absolute Gasteiger partial charge is 0.288 e. The molecular weight excluding hydrogens is 317 g/mol. The second-order valence-electron chi connectivity index (χ2n) is 4.78. The number of nitro benzene ring substituents is 1. The molecule has 0 saturated carbocycles. The molecule has 21 heavy (non-hydrogen) atoms. The van der Waals surface area contributed by atoms with Crippen molar-refractivity contribution >= 4 is 29.7 Å². The van der Waals surface area contributed by atoms with Crippen molar-refractivity contribution < 1.29 is 10.0 Å². The number of piperazine rings is 1. The van der Waals surface area contributed by atoms with Crippen molar-refractivity contribution in [1.29, 1.82) is 0 Å². The summed E-state index contributed by atoms with van der Waals surface area (Å²) >= 11 is 5.84. The van der Waals surface area contributed by atoms with E-state index in [0.29, 0.717) is 6.42 Å². The van der Waals surface area contributed by atoms with Gasteiger partial charge in [-0.3, -0.25) is 15.0 Å². The van der Waals surface area contributed by atoms with Gasteiger partial charge < -0.3 is 10.4 Å². The van der Waals surface area contributed by atoms with Crippen molar-refractivity contribution in [2.45, 2.75) is 12.5 Å². The van der Waals surface area contributed by atoms with E-state index in [1.54, 1.807) is 12.1 Å². The van der Waals surface area contributed by atoms with Crippen LogP contribution in [0.2, 0.25) is 5.02 Å². The van der Waals surface area contributed by atoms with Crippen molar-refractivity contribution in [2.24, 2.45) is 0 Å². The Kier molecular flexibility index (Phi) is 7.34. The van der Waals surface area contributed by atoms with Crippen LogP contribution >= 0.6 is 24.0 Å². The van der Waals surface area contributed by atoms with Crippen LogP contribution in [0, 0.1) is 10.1 Å². The third-order valence-electron chi connectivity index (χ3n) is 3.55. The molecule has 1 aliphatic rings. The predicted molar refractivity (Wildman–Crippen MR) is 84.2 cm³/mol. The molecule has 1 aromatic carbocycles. The molecule has 0 spiro atoms. The molecule has 1 heterocycles. The van der Waals surface area contributed by atoms with E-state index < -0.39 is 4.92 Å². The maximum atomic E-state index is 11.0. The highest BCUT2D eigenvalue weighted by molar-refractivity contribution is 6.32. The molecule has 8 heteroatoms. The van der Waals surface area contributed by atoms with Gasteiger partial charge in [0.15, 0.2) is 0 Å². The van der Waals surface area contributed by atoms with Crippen LogP contribution in [0.15, 0.2) is 18.2 Å². The number of nitrogens with one attached hydrogen (secondary N) is 1. The minimum absolute atomic E-state index is 0. The number of hydrogen-bond donors (Lipinski definition) is 2. The number of nitrogens with zero attached hydrogens (tertiary/aromatic N) is 2. The lowest BCUT2D eigenvalue weighted by atomic mass is 10.0. The maximum absolute atomic E-state index is 11.0. The molecule has 118 valence electrons. The molecule has 2 rings (SSSR count). The molecule has 1 fully saturated rings. The van der Waals surface area contributed by atoms with Gasteiger partial charge in [0.25, 0.3) is 5.69 Å². The summed E-state index contributed by atoms with van der Waals surface area (Å²) in [5.74, 6) is 0. The second-order valence-corrected chi connectivity index (χ2v) is 5.19. The van der Waals surface area contributed by atoms with Crippen molar-refractivity contribution in [1.82, 2.24) is 10.2 Å². The predicted octanol–water partition coefficient (Wildman–Crippen LogP) is 2.00. The van der Waals surface area contributed by atoms with E-state index >= 15 is 0 Å². The largest absolute Gasteiger partial charge is 0.396 e. The zero-order valence-corrected chi connectivity index (χ0v) is 13.1. The number of hydrogen-bond acceptors (Lipinski definition) is 5. The van der Waals surface area contributed by atoms with Gasteiger partial charge in [0, 0.05) is 44.9 Å². The van der Waals surface area contributed by atoms with Gasteiger partial charge in [-0.05, 0) is 18.1 Å². The molecule has 1 saturated heterocycles. The number of halogens is 2. The zero-order chi connectivity index (χ0) is 14.5. The summed E-state index contributed by atoms with van der Waals surface area (Å²) in [5, 5.41) is 23.6. The summed E-state index contributed by atoms with van der Waals surface area (Å²) in [6, 6.07) is 4.86. The Hall–Kier alpha value is -0.920. The van der Waals surface area contributed by atoms with Gasteiger partial charge in [0.2, 0.25) is 0 Å². The lowest BCUT2D eigenvalue weighted by Gasteiger charge is -2.35. The summed E-state index contributed by atoms with van der Waals surface area (Å²) in [5.41, 5.74) is 0.749. The molecule has 1 aromatic rings. The van der Waals surface area contributed by atoms with E-state index in [0.717, 1.165) is 31.7 Å². The van der Waals surface area contributed by atoms with Crippen LogP contribution in [-0.2, 0) is 0 Å². The topological polar surface area (TPSA) is 78.6 Å². The highest BCUT2D eigenvalue weighted by Gasteiger charge is 2.24. The Bertz CT molecular complexity index is 482. The van der Waals surface area contributed by atoms with Crippen molar-refractivity contribution in [3.8, 4) is 0 Å². The summed E-state index contributed by atoms with van der Waals surface area (Å²) in [7, 11) is 0. The van der Waals surface area contributed by atoms with E-state index in [1.165, 1.54) is 6.07 Å². The second kappa shape index (κ2) is 8.51. The van der Waals surface area contributed by atoms with Crippen LogP contribution in [0.4, 0.5) is 5.69 Å². The van der Waals surface area contributed by atoms with Gasteiger partial charge in [-0.15, -0.1) is 12.4 Å². The van der Waals surface area contributed by atoms with Crippen LogP contribution < -0.4 is 5.32 Å². The molecule has 1 atom stereocenters. The fourth-order valence-electron chi connectivity index (χ4n) is 2.55. The Labute approximate surface area is 134 Å². The van der Waals surface area contributed by atoms with E-state index in [-0.39, 0.29) is 35.8 Å². The summed E-state index contributed by atoms with van der Waals surface area (Å²) in [6.45, 7) is 3.54. The number of aliphatic hydroxyl groups excluding tert-OH is 1. The minimum Gasteiger partial charge on any atom is -0.396 e. The fourth-order valence-corrected chi connectivity index (χ4v) is 2.74. The molecule has 0 radical (unpaired) electrons. The monoisotopic (exact) mass is 335 g/mol. The maximum Gasteiger partial charge on any atom is 0.288 e. The van der Waals surface area contributed by atoms with Crippen LogP contribution in [0.1, 0.15) is 18.0 Å². The van der Waals surface area contributed by atoms with Gasteiger partial charge >= 0.3 is 0 Å². The molecule has 0 bridgehead atoms. The normalized spacial score (nSPS) is 17.0. The molecular formula is C13H19Cl2N3O3. The fraction of sp³-hybridized carbons (Fsp3) is 0.538. The third kappa shape index (κ3) is 4.52. The van der Waals surface area contributed by atoms with Crippen LogP contribution in [-0.4, -0.2) is 47.7 Å². The van der Waals surface area contributed by atoms with Gasteiger partial charge in [-0.25, -0.2) is 0 Å². The Balaban J connectivity index is 0.00000220. The van der Waals surface area contributed by atoms with Crippen molar-refractivity contribution in [3.05, 3.63) is 38.9 Å². The first-order chi connectivity index (χ1) is 9.63. The van der Waals surface area contributed by atoms with E-state index in [2.05, 4.69) is 10.2 Å². The van der Waals surface area contributed by atoms with Gasteiger partial charge in [-0.1, -0.05) is 17.7 Å². The quantitative estimate of drug-likeness (QED) is 0.635. The van der Waals surface area contributed by atoms with Crippen LogP contribution in [0.3, 0.4) is 0 Å². The Morgan fingerprint density at radius 2 is 2.10 bits per heavy atom. The molecule has 0 aromatic heterocycles.